The molecule has 0 saturated heterocycles. The van der Waals surface area contributed by atoms with Gasteiger partial charge in [0.1, 0.15) is 0 Å². The molecule has 0 fully saturated rings. The summed E-state index contributed by atoms with van der Waals surface area (Å²) in [7, 11) is 0. The fourth-order valence-corrected chi connectivity index (χ4v) is 3.19. The van der Waals surface area contributed by atoms with Gasteiger partial charge < -0.3 is 24.8 Å². The van der Waals surface area contributed by atoms with Crippen LogP contribution in [0.5, 0.6) is 0 Å². The van der Waals surface area contributed by atoms with Crippen LogP contribution in [0.3, 0.4) is 0 Å². The average Bonchev–Trinajstić information content (AvgIpc) is 3.42. The normalized spacial score (nSPS) is 17.1. The average molecular weight is 471 g/mol. The molecule has 3 heteroatoms. The number of benzene rings is 2. The first-order chi connectivity index (χ1) is 13.6. The summed E-state index contributed by atoms with van der Waals surface area (Å²) in [5.74, 6) is 1.12. The Hall–Kier alpha value is -1.44. The van der Waals surface area contributed by atoms with E-state index in [1.54, 1.807) is 0 Å². The molecule has 0 aromatic heterocycles. The minimum Gasteiger partial charge on any atom is -1.00 e. The van der Waals surface area contributed by atoms with Crippen LogP contribution in [-0.2, 0) is 26.4 Å². The second-order valence-electron chi connectivity index (χ2n) is 6.81. The Labute approximate surface area is 206 Å². The summed E-state index contributed by atoms with van der Waals surface area (Å²) in [6.07, 6.45) is 19.4. The monoisotopic (exact) mass is 470 g/mol. The molecule has 0 aliphatic heterocycles. The predicted octanol–water partition coefficient (Wildman–Crippen LogP) is 0.476. The van der Waals surface area contributed by atoms with Crippen molar-refractivity contribution in [2.24, 2.45) is 11.8 Å². The Kier molecular flexibility index (Phi) is 15.5. The number of allylic oxidation sites excluding steroid dienone is 8. The number of hydrogen-bond acceptors (Lipinski definition) is 0. The molecule has 2 unspecified atom stereocenters. The number of hydrogen-bond donors (Lipinski definition) is 0. The van der Waals surface area contributed by atoms with Gasteiger partial charge in [0.2, 0.25) is 0 Å². The standard InChI is InChI=1S/C15H14.2C6H7.2ClH.Ti/c1-2-13-9-6-10-15(11-13)12-14-7-4-3-5-8-14;2*1-6-4-2-3-5-6;;;/h3-11H,2H2,1H3;2*2-4,6H,1H3;2*1H;/q;2*-1;;;+2/p-2. The summed E-state index contributed by atoms with van der Waals surface area (Å²) >= 11 is 2.18. The molecule has 2 aromatic rings. The van der Waals surface area contributed by atoms with Gasteiger partial charge in [-0.05, 0) is 0 Å². The van der Waals surface area contributed by atoms with Crippen LogP contribution < -0.4 is 24.8 Å². The molecule has 4 rings (SSSR count). The van der Waals surface area contributed by atoms with Crippen molar-refractivity contribution in [1.82, 2.24) is 0 Å². The van der Waals surface area contributed by atoms with Gasteiger partial charge in [0.25, 0.3) is 0 Å². The van der Waals surface area contributed by atoms with Crippen LogP contribution in [-0.4, -0.2) is 3.81 Å². The van der Waals surface area contributed by atoms with Gasteiger partial charge in [-0.25, -0.2) is 24.3 Å². The molecule has 2 atom stereocenters. The van der Waals surface area contributed by atoms with E-state index in [1.165, 1.54) is 20.5 Å². The quantitative estimate of drug-likeness (QED) is 0.452. The second kappa shape index (κ2) is 16.3. The maximum Gasteiger partial charge on any atom is -1.00 e. The van der Waals surface area contributed by atoms with E-state index in [4.69, 9.17) is 0 Å². The third kappa shape index (κ3) is 10.6. The van der Waals surface area contributed by atoms with Gasteiger partial charge in [-0.1, -0.05) is 25.7 Å². The molecule has 0 heterocycles. The number of rotatable bonds is 3. The first kappa shape index (κ1) is 28.6. The summed E-state index contributed by atoms with van der Waals surface area (Å²) in [5, 5.41) is 0. The predicted molar refractivity (Wildman–Crippen MR) is 118 cm³/mol. The van der Waals surface area contributed by atoms with E-state index in [2.05, 4.69) is 120 Å². The number of halogens is 2. The van der Waals surface area contributed by atoms with Crippen LogP contribution in [0.2, 0.25) is 0 Å². The van der Waals surface area contributed by atoms with Gasteiger partial charge in [-0.3, -0.25) is 12.2 Å². The van der Waals surface area contributed by atoms with Gasteiger partial charge in [-0.2, -0.15) is 12.2 Å². The SMILES string of the molecule is CC1[C-]=CC=C1.CC1[C-]=CC=C1.CCc1cccc([C](=[Ti+2])c2ccccc2)c1.[Cl-].[Cl-]. The van der Waals surface area contributed by atoms with Crippen LogP contribution >= 0.6 is 0 Å². The Bertz CT molecular complexity index is 813. The van der Waals surface area contributed by atoms with E-state index < -0.39 is 0 Å². The molecule has 0 N–H and O–H groups in total. The Morgan fingerprint density at radius 1 is 0.800 bits per heavy atom. The summed E-state index contributed by atoms with van der Waals surface area (Å²) in [6, 6.07) is 19.3. The zero-order chi connectivity index (χ0) is 20.2. The van der Waals surface area contributed by atoms with Crippen molar-refractivity contribution < 1.29 is 44.8 Å². The van der Waals surface area contributed by atoms with Crippen LogP contribution in [0.15, 0.2) is 91.1 Å². The van der Waals surface area contributed by atoms with Crippen LogP contribution in [0, 0.1) is 24.0 Å². The summed E-state index contributed by atoms with van der Waals surface area (Å²) in [6.45, 7) is 6.41. The maximum atomic E-state index is 3.08. The third-order valence-electron chi connectivity index (χ3n) is 4.40. The van der Waals surface area contributed by atoms with Crippen molar-refractivity contribution in [3.05, 3.63) is 120 Å². The zero-order valence-corrected chi connectivity index (χ0v) is 20.9. The molecule has 156 valence electrons. The molecule has 0 spiro atoms. The molecule has 0 nitrogen and oxygen atoms in total. The van der Waals surface area contributed by atoms with E-state index in [1.807, 2.05) is 24.3 Å². The van der Waals surface area contributed by atoms with Crippen molar-refractivity contribution in [2.75, 3.05) is 0 Å². The fraction of sp³-hybridized carbons (Fsp3) is 0.222. The number of aryl methyl sites for hydroxylation is 1. The van der Waals surface area contributed by atoms with Crippen LogP contribution in [0.25, 0.3) is 0 Å². The van der Waals surface area contributed by atoms with Crippen molar-refractivity contribution >= 4 is 3.81 Å². The molecule has 0 radical (unpaired) electrons. The Balaban J connectivity index is 0.000000497. The van der Waals surface area contributed by atoms with E-state index in [0.717, 1.165) is 6.42 Å². The molecule has 0 amide bonds. The minimum atomic E-state index is 0. The van der Waals surface area contributed by atoms with Gasteiger partial charge in [0.05, 0.1) is 0 Å². The molecule has 2 aliphatic carbocycles. The summed E-state index contributed by atoms with van der Waals surface area (Å²) in [5.41, 5.74) is 4.02. The van der Waals surface area contributed by atoms with Crippen molar-refractivity contribution in [2.45, 2.75) is 27.2 Å². The second-order valence-corrected chi connectivity index (χ2v) is 7.59. The molecule has 2 aliphatic rings. The largest absolute Gasteiger partial charge is 1.00 e. The molecule has 0 bridgehead atoms. The smallest absolute Gasteiger partial charge is 1.00 e. The van der Waals surface area contributed by atoms with Crippen LogP contribution in [0.1, 0.15) is 37.5 Å². The molecular weight excluding hydrogens is 443 g/mol. The van der Waals surface area contributed by atoms with Crippen molar-refractivity contribution in [3.8, 4) is 0 Å². The summed E-state index contributed by atoms with van der Waals surface area (Å²) < 4.78 is 1.34. The molecule has 0 saturated carbocycles. The van der Waals surface area contributed by atoms with E-state index in [9.17, 15) is 0 Å². The fourth-order valence-electron chi connectivity index (χ4n) is 2.69. The van der Waals surface area contributed by atoms with Crippen LogP contribution in [0.4, 0.5) is 0 Å². The zero-order valence-electron chi connectivity index (χ0n) is 17.8. The van der Waals surface area contributed by atoms with Gasteiger partial charge in [0, 0.05) is 0 Å². The topological polar surface area (TPSA) is 0 Å². The van der Waals surface area contributed by atoms with Crippen molar-refractivity contribution in [1.29, 1.82) is 0 Å². The third-order valence-corrected chi connectivity index (χ3v) is 5.30. The molecule has 30 heavy (non-hydrogen) atoms. The Morgan fingerprint density at radius 3 is 1.73 bits per heavy atom. The van der Waals surface area contributed by atoms with Gasteiger partial charge in [0.15, 0.2) is 0 Å². The van der Waals surface area contributed by atoms with Crippen molar-refractivity contribution in [3.63, 3.8) is 0 Å². The van der Waals surface area contributed by atoms with Gasteiger partial charge >= 0.3 is 108 Å². The van der Waals surface area contributed by atoms with E-state index in [-0.39, 0.29) is 24.8 Å². The first-order valence-electron chi connectivity index (χ1n) is 9.85. The Morgan fingerprint density at radius 2 is 1.33 bits per heavy atom. The maximum absolute atomic E-state index is 3.08. The minimum absolute atomic E-state index is 0. The van der Waals surface area contributed by atoms with E-state index in [0.29, 0.717) is 11.8 Å². The summed E-state index contributed by atoms with van der Waals surface area (Å²) in [4.78, 5) is 0. The van der Waals surface area contributed by atoms with Gasteiger partial charge in [-0.15, -0.1) is 0 Å². The van der Waals surface area contributed by atoms with E-state index >= 15 is 0 Å². The molecule has 2 aromatic carbocycles. The first-order valence-corrected chi connectivity index (χ1v) is 10.6. The molecular formula is C27H28Cl2Ti-2.